The molecule has 8 heteroatoms. The van der Waals surface area contributed by atoms with Gasteiger partial charge < -0.3 is 9.64 Å². The van der Waals surface area contributed by atoms with Gasteiger partial charge in [0.2, 0.25) is 5.91 Å². The Morgan fingerprint density at radius 1 is 1.25 bits per heavy atom. The maximum absolute atomic E-state index is 12.6. The van der Waals surface area contributed by atoms with Crippen molar-refractivity contribution in [1.29, 1.82) is 0 Å². The van der Waals surface area contributed by atoms with Gasteiger partial charge in [-0.15, -0.1) is 10.2 Å². The van der Waals surface area contributed by atoms with Crippen molar-refractivity contribution in [1.82, 2.24) is 19.7 Å². The van der Waals surface area contributed by atoms with Crippen molar-refractivity contribution in [2.45, 2.75) is 62.9 Å². The topological polar surface area (TPSA) is 60.3 Å². The average Bonchev–Trinajstić information content (AvgIpc) is 3.46. The summed E-state index contributed by atoms with van der Waals surface area (Å²) in [5.41, 5.74) is 0. The first-order valence-electron chi connectivity index (χ1n) is 9.87. The lowest BCUT2D eigenvalue weighted by molar-refractivity contribution is -0.131. The molecule has 6 nitrogen and oxygen atoms in total. The summed E-state index contributed by atoms with van der Waals surface area (Å²) in [5, 5.41) is 10.1. The number of amides is 1. The lowest BCUT2D eigenvalue weighted by Gasteiger charge is -2.33. The second kappa shape index (κ2) is 8.74. The number of hydrogen-bond acceptors (Lipinski definition) is 5. The Labute approximate surface area is 174 Å². The lowest BCUT2D eigenvalue weighted by atomic mass is 10.0. The van der Waals surface area contributed by atoms with Crippen molar-refractivity contribution >= 4 is 29.3 Å². The molecule has 1 aromatic heterocycles. The van der Waals surface area contributed by atoms with Crippen LogP contribution in [0, 0.1) is 0 Å². The van der Waals surface area contributed by atoms with Gasteiger partial charge >= 0.3 is 0 Å². The molecule has 1 atom stereocenters. The molecule has 1 amide bonds. The zero-order valence-corrected chi connectivity index (χ0v) is 17.6. The number of carbonyl (C=O) groups excluding carboxylic acids is 1. The molecule has 0 unspecified atom stereocenters. The molecule has 2 fully saturated rings. The number of piperidine rings is 1. The van der Waals surface area contributed by atoms with Gasteiger partial charge in [0.15, 0.2) is 11.0 Å². The minimum Gasteiger partial charge on any atom is -0.484 e. The van der Waals surface area contributed by atoms with Crippen molar-refractivity contribution in [3.05, 3.63) is 35.1 Å². The molecule has 1 aromatic carbocycles. The molecule has 4 rings (SSSR count). The molecular weight excluding hydrogens is 396 g/mol. The Hall–Kier alpha value is -1.73. The van der Waals surface area contributed by atoms with Gasteiger partial charge in [-0.1, -0.05) is 35.5 Å². The molecule has 0 N–H and O–H groups in total. The van der Waals surface area contributed by atoms with E-state index in [1.165, 1.54) is 18.2 Å². The number of hydrogen-bond donors (Lipinski definition) is 0. The lowest BCUT2D eigenvalue weighted by Crippen LogP contribution is -2.43. The number of benzene rings is 1. The molecule has 2 aliphatic rings. The predicted octanol–water partition coefficient (Wildman–Crippen LogP) is 4.34. The maximum atomic E-state index is 12.6. The molecule has 2 heterocycles. The van der Waals surface area contributed by atoms with E-state index in [0.29, 0.717) is 35.2 Å². The molecular formula is C20H25ClN4O2S. The quantitative estimate of drug-likeness (QED) is 0.623. The van der Waals surface area contributed by atoms with Crippen LogP contribution in [0.3, 0.4) is 0 Å². The van der Waals surface area contributed by atoms with Crippen LogP contribution in [0.4, 0.5) is 0 Å². The third-order valence-corrected chi connectivity index (χ3v) is 6.53. The Bertz CT molecular complexity index is 839. The molecule has 1 aliphatic carbocycles. The van der Waals surface area contributed by atoms with E-state index in [4.69, 9.17) is 16.3 Å². The van der Waals surface area contributed by atoms with Gasteiger partial charge in [0, 0.05) is 18.6 Å². The molecule has 1 aliphatic heterocycles. The minimum absolute atomic E-state index is 0.191. The summed E-state index contributed by atoms with van der Waals surface area (Å²) in [6.45, 7) is 3.32. The SMILES string of the molecule is C[C@H]1CCCCN1C(=O)CSc1nnc(COc2ccccc2Cl)n1C1CC1. The summed E-state index contributed by atoms with van der Waals surface area (Å²) in [5.74, 6) is 2.01. The number of nitrogens with zero attached hydrogens (tertiary/aromatic N) is 4. The number of rotatable bonds is 7. The van der Waals surface area contributed by atoms with Crippen LogP contribution in [0.25, 0.3) is 0 Å². The van der Waals surface area contributed by atoms with E-state index in [0.717, 1.165) is 43.2 Å². The zero-order chi connectivity index (χ0) is 19.5. The molecule has 1 saturated heterocycles. The predicted molar refractivity (Wildman–Crippen MR) is 110 cm³/mol. The number of carbonyl (C=O) groups is 1. The highest BCUT2D eigenvalue weighted by molar-refractivity contribution is 7.99. The highest BCUT2D eigenvalue weighted by atomic mass is 35.5. The number of halogens is 1. The maximum Gasteiger partial charge on any atom is 0.233 e. The van der Waals surface area contributed by atoms with Crippen LogP contribution in [0.15, 0.2) is 29.4 Å². The second-order valence-corrected chi connectivity index (χ2v) is 8.79. The Balaban J connectivity index is 1.41. The molecule has 28 heavy (non-hydrogen) atoms. The van der Waals surface area contributed by atoms with E-state index in [-0.39, 0.29) is 5.91 Å². The summed E-state index contributed by atoms with van der Waals surface area (Å²) in [6, 6.07) is 8.15. The van der Waals surface area contributed by atoms with Crippen molar-refractivity contribution < 1.29 is 9.53 Å². The Morgan fingerprint density at radius 3 is 2.82 bits per heavy atom. The standard InChI is InChI=1S/C20H25ClN4O2S/c1-14-6-4-5-11-24(14)19(26)13-28-20-23-22-18(25(20)15-9-10-15)12-27-17-8-3-2-7-16(17)21/h2-3,7-8,14-15H,4-6,9-13H2,1H3/t14-/m0/s1. The Morgan fingerprint density at radius 2 is 2.07 bits per heavy atom. The van der Waals surface area contributed by atoms with E-state index < -0.39 is 0 Å². The van der Waals surface area contributed by atoms with Gasteiger partial charge in [-0.3, -0.25) is 9.36 Å². The third-order valence-electron chi connectivity index (χ3n) is 5.29. The summed E-state index contributed by atoms with van der Waals surface area (Å²) in [7, 11) is 0. The van der Waals surface area contributed by atoms with Gasteiger partial charge in [-0.25, -0.2) is 0 Å². The van der Waals surface area contributed by atoms with E-state index in [9.17, 15) is 4.79 Å². The molecule has 2 aromatic rings. The average molecular weight is 421 g/mol. The number of thioether (sulfide) groups is 1. The van der Waals surface area contributed by atoms with Crippen molar-refractivity contribution in [3.63, 3.8) is 0 Å². The van der Waals surface area contributed by atoms with Crippen molar-refractivity contribution in [3.8, 4) is 5.75 Å². The molecule has 150 valence electrons. The third kappa shape index (κ3) is 4.46. The van der Waals surface area contributed by atoms with Gasteiger partial charge in [-0.2, -0.15) is 0 Å². The fourth-order valence-electron chi connectivity index (χ4n) is 3.59. The smallest absolute Gasteiger partial charge is 0.233 e. The van der Waals surface area contributed by atoms with Gasteiger partial charge in [0.25, 0.3) is 0 Å². The molecule has 0 spiro atoms. The number of likely N-dealkylation sites (tertiary alicyclic amines) is 1. The summed E-state index contributed by atoms with van der Waals surface area (Å²) < 4.78 is 7.98. The van der Waals surface area contributed by atoms with Crippen LogP contribution in [0.1, 0.15) is 50.9 Å². The summed E-state index contributed by atoms with van der Waals surface area (Å²) in [6.07, 6.45) is 5.63. The largest absolute Gasteiger partial charge is 0.484 e. The van der Waals surface area contributed by atoms with Crippen LogP contribution in [-0.4, -0.2) is 43.9 Å². The highest BCUT2D eigenvalue weighted by Gasteiger charge is 2.31. The fourth-order valence-corrected chi connectivity index (χ4v) is 4.69. The van der Waals surface area contributed by atoms with Gasteiger partial charge in [0.1, 0.15) is 12.4 Å². The summed E-state index contributed by atoms with van der Waals surface area (Å²) >= 11 is 7.65. The van der Waals surface area contributed by atoms with Crippen LogP contribution < -0.4 is 4.74 Å². The second-order valence-electron chi connectivity index (χ2n) is 7.44. The minimum atomic E-state index is 0.191. The first-order valence-corrected chi connectivity index (χ1v) is 11.2. The van der Waals surface area contributed by atoms with E-state index in [1.807, 2.05) is 23.1 Å². The summed E-state index contributed by atoms with van der Waals surface area (Å²) in [4.78, 5) is 14.7. The molecule has 1 saturated carbocycles. The fraction of sp³-hybridized carbons (Fsp3) is 0.550. The number of ether oxygens (including phenoxy) is 1. The van der Waals surface area contributed by atoms with Crippen LogP contribution in [0.5, 0.6) is 5.75 Å². The van der Waals surface area contributed by atoms with E-state index >= 15 is 0 Å². The first-order chi connectivity index (χ1) is 13.6. The van der Waals surface area contributed by atoms with E-state index in [2.05, 4.69) is 21.7 Å². The normalized spacial score (nSPS) is 19.6. The van der Waals surface area contributed by atoms with Crippen LogP contribution in [0.2, 0.25) is 5.02 Å². The Kier molecular flexibility index (Phi) is 6.11. The molecule has 0 bridgehead atoms. The number of para-hydroxylation sites is 1. The van der Waals surface area contributed by atoms with Crippen LogP contribution in [-0.2, 0) is 11.4 Å². The zero-order valence-electron chi connectivity index (χ0n) is 16.0. The van der Waals surface area contributed by atoms with Gasteiger partial charge in [0.05, 0.1) is 10.8 Å². The van der Waals surface area contributed by atoms with E-state index in [1.54, 1.807) is 6.07 Å². The molecule has 0 radical (unpaired) electrons. The van der Waals surface area contributed by atoms with Gasteiger partial charge in [-0.05, 0) is 51.2 Å². The number of aromatic nitrogens is 3. The first kappa shape index (κ1) is 19.6. The van der Waals surface area contributed by atoms with Crippen molar-refractivity contribution in [2.75, 3.05) is 12.3 Å². The van der Waals surface area contributed by atoms with Crippen molar-refractivity contribution in [2.24, 2.45) is 0 Å². The monoisotopic (exact) mass is 420 g/mol. The highest BCUT2D eigenvalue weighted by Crippen LogP contribution is 2.39. The van der Waals surface area contributed by atoms with Crippen LogP contribution >= 0.6 is 23.4 Å².